The molecule has 2 rings (SSSR count). The molecule has 1 aliphatic rings. The van der Waals surface area contributed by atoms with Crippen LogP contribution in [0.5, 0.6) is 0 Å². The Labute approximate surface area is 118 Å². The summed E-state index contributed by atoms with van der Waals surface area (Å²) in [5, 5.41) is 0. The average Bonchev–Trinajstić information content (AvgIpc) is 2.46. The van der Waals surface area contributed by atoms with Crippen molar-refractivity contribution in [1.29, 1.82) is 0 Å². The predicted molar refractivity (Wildman–Crippen MR) is 82.4 cm³/mol. The summed E-state index contributed by atoms with van der Waals surface area (Å²) in [7, 11) is 2.26. The fourth-order valence-corrected chi connectivity index (χ4v) is 3.28. The molecule has 2 N–H and O–H groups in total. The van der Waals surface area contributed by atoms with Crippen LogP contribution in [0.2, 0.25) is 0 Å². The molecule has 0 radical (unpaired) electrons. The zero-order chi connectivity index (χ0) is 13.7. The van der Waals surface area contributed by atoms with Crippen LogP contribution in [0, 0.1) is 0 Å². The van der Waals surface area contributed by atoms with Gasteiger partial charge in [-0.3, -0.25) is 4.90 Å². The van der Waals surface area contributed by atoms with E-state index in [1.54, 1.807) is 0 Å². The highest BCUT2D eigenvalue weighted by atomic mass is 15.2. The average molecular weight is 260 g/mol. The van der Waals surface area contributed by atoms with Gasteiger partial charge in [0.2, 0.25) is 0 Å². The van der Waals surface area contributed by atoms with Crippen molar-refractivity contribution in [2.45, 2.75) is 51.0 Å². The van der Waals surface area contributed by atoms with Crippen molar-refractivity contribution in [1.82, 2.24) is 4.90 Å². The Bertz CT molecular complexity index is 402. The SMILES string of the molecule is CCCCCN(C)C1(CN)CCc2ccccc2C1. The molecule has 1 aromatic rings. The van der Waals surface area contributed by atoms with Crippen LogP contribution in [0.1, 0.15) is 43.7 Å². The van der Waals surface area contributed by atoms with Crippen LogP contribution in [0.25, 0.3) is 0 Å². The normalized spacial score (nSPS) is 22.5. The smallest absolute Gasteiger partial charge is 0.0372 e. The molecule has 19 heavy (non-hydrogen) atoms. The van der Waals surface area contributed by atoms with Gasteiger partial charge in [0.1, 0.15) is 0 Å². The van der Waals surface area contributed by atoms with Gasteiger partial charge in [0.15, 0.2) is 0 Å². The zero-order valence-corrected chi connectivity index (χ0v) is 12.5. The van der Waals surface area contributed by atoms with E-state index in [4.69, 9.17) is 5.73 Å². The minimum absolute atomic E-state index is 0.183. The second-order valence-corrected chi connectivity index (χ2v) is 6.00. The molecule has 2 nitrogen and oxygen atoms in total. The van der Waals surface area contributed by atoms with Crippen molar-refractivity contribution in [3.8, 4) is 0 Å². The standard InChI is InChI=1S/C17H28N2/c1-3-4-7-12-19(2)17(14-18)11-10-15-8-5-6-9-16(15)13-17/h5-6,8-9H,3-4,7,10-14,18H2,1-2H3. The second-order valence-electron chi connectivity index (χ2n) is 6.00. The first-order valence-corrected chi connectivity index (χ1v) is 7.70. The van der Waals surface area contributed by atoms with Gasteiger partial charge in [-0.05, 0) is 50.4 Å². The highest BCUT2D eigenvalue weighted by Crippen LogP contribution is 2.32. The lowest BCUT2D eigenvalue weighted by molar-refractivity contribution is 0.106. The molecule has 0 fully saturated rings. The van der Waals surface area contributed by atoms with Gasteiger partial charge in [-0.15, -0.1) is 0 Å². The summed E-state index contributed by atoms with van der Waals surface area (Å²) >= 11 is 0. The Hall–Kier alpha value is -0.860. The largest absolute Gasteiger partial charge is 0.329 e. The molecule has 1 aromatic carbocycles. The monoisotopic (exact) mass is 260 g/mol. The molecule has 1 unspecified atom stereocenters. The Morgan fingerprint density at radius 1 is 1.21 bits per heavy atom. The van der Waals surface area contributed by atoms with Gasteiger partial charge in [-0.25, -0.2) is 0 Å². The van der Waals surface area contributed by atoms with Crippen LogP contribution in [0.15, 0.2) is 24.3 Å². The van der Waals surface area contributed by atoms with Gasteiger partial charge in [-0.1, -0.05) is 44.0 Å². The highest BCUT2D eigenvalue weighted by Gasteiger charge is 2.36. The number of fused-ring (bicyclic) bond motifs is 1. The second kappa shape index (κ2) is 6.53. The first kappa shape index (κ1) is 14.5. The number of nitrogens with zero attached hydrogens (tertiary/aromatic N) is 1. The third kappa shape index (κ3) is 3.18. The van der Waals surface area contributed by atoms with Crippen molar-refractivity contribution >= 4 is 0 Å². The highest BCUT2D eigenvalue weighted by molar-refractivity contribution is 5.32. The van der Waals surface area contributed by atoms with Crippen LogP contribution in [-0.4, -0.2) is 30.6 Å². The molecule has 0 spiro atoms. The summed E-state index contributed by atoms with van der Waals surface area (Å²) in [6.45, 7) is 4.20. The van der Waals surface area contributed by atoms with Crippen LogP contribution >= 0.6 is 0 Å². The van der Waals surface area contributed by atoms with E-state index in [0.29, 0.717) is 0 Å². The fourth-order valence-electron chi connectivity index (χ4n) is 3.28. The van der Waals surface area contributed by atoms with E-state index in [0.717, 1.165) is 13.0 Å². The molecule has 106 valence electrons. The Balaban J connectivity index is 2.08. The number of nitrogens with two attached hydrogens (primary N) is 1. The Morgan fingerprint density at radius 2 is 1.95 bits per heavy atom. The van der Waals surface area contributed by atoms with Gasteiger partial charge in [0.05, 0.1) is 0 Å². The predicted octanol–water partition coefficient (Wildman–Crippen LogP) is 2.99. The number of hydrogen-bond acceptors (Lipinski definition) is 2. The Kier molecular flexibility index (Phi) is 5.00. The third-order valence-electron chi connectivity index (χ3n) is 4.78. The van der Waals surface area contributed by atoms with Gasteiger partial charge in [0, 0.05) is 12.1 Å². The number of unbranched alkanes of at least 4 members (excludes halogenated alkanes) is 2. The third-order valence-corrected chi connectivity index (χ3v) is 4.78. The van der Waals surface area contributed by atoms with Gasteiger partial charge in [-0.2, -0.15) is 0 Å². The maximum atomic E-state index is 6.16. The molecular weight excluding hydrogens is 232 g/mol. The first-order valence-electron chi connectivity index (χ1n) is 7.70. The van der Waals surface area contributed by atoms with Crippen molar-refractivity contribution in [3.63, 3.8) is 0 Å². The van der Waals surface area contributed by atoms with E-state index in [2.05, 4.69) is 43.1 Å². The fraction of sp³-hybridized carbons (Fsp3) is 0.647. The Morgan fingerprint density at radius 3 is 2.63 bits per heavy atom. The summed E-state index contributed by atoms with van der Waals surface area (Å²) in [4.78, 5) is 2.53. The lowest BCUT2D eigenvalue weighted by atomic mass is 9.77. The minimum Gasteiger partial charge on any atom is -0.329 e. The van der Waals surface area contributed by atoms with Crippen molar-refractivity contribution in [3.05, 3.63) is 35.4 Å². The number of likely N-dealkylation sites (N-methyl/N-ethyl adjacent to an activating group) is 1. The van der Waals surface area contributed by atoms with Crippen molar-refractivity contribution in [2.24, 2.45) is 5.73 Å². The number of rotatable bonds is 6. The molecule has 0 saturated heterocycles. The van der Waals surface area contributed by atoms with Crippen LogP contribution in [-0.2, 0) is 12.8 Å². The summed E-state index contributed by atoms with van der Waals surface area (Å²) in [5.41, 5.74) is 9.36. The lowest BCUT2D eigenvalue weighted by Crippen LogP contribution is -2.55. The minimum atomic E-state index is 0.183. The summed E-state index contributed by atoms with van der Waals surface area (Å²) in [6, 6.07) is 8.85. The van der Waals surface area contributed by atoms with Gasteiger partial charge in [0.25, 0.3) is 0 Å². The van der Waals surface area contributed by atoms with Gasteiger partial charge >= 0.3 is 0 Å². The van der Waals surface area contributed by atoms with E-state index in [9.17, 15) is 0 Å². The summed E-state index contributed by atoms with van der Waals surface area (Å²) in [6.07, 6.45) is 7.38. The molecule has 0 bridgehead atoms. The van der Waals surface area contributed by atoms with E-state index < -0.39 is 0 Å². The molecule has 0 amide bonds. The van der Waals surface area contributed by atoms with E-state index >= 15 is 0 Å². The summed E-state index contributed by atoms with van der Waals surface area (Å²) in [5.74, 6) is 0. The molecular formula is C17H28N2. The van der Waals surface area contributed by atoms with Crippen LogP contribution < -0.4 is 5.73 Å². The van der Waals surface area contributed by atoms with Gasteiger partial charge < -0.3 is 5.73 Å². The molecule has 1 aliphatic carbocycles. The van der Waals surface area contributed by atoms with E-state index in [1.165, 1.54) is 49.8 Å². The number of benzene rings is 1. The molecule has 1 atom stereocenters. The maximum absolute atomic E-state index is 6.16. The molecule has 0 aliphatic heterocycles. The first-order chi connectivity index (χ1) is 9.22. The topological polar surface area (TPSA) is 29.3 Å². The number of aryl methyl sites for hydroxylation is 1. The van der Waals surface area contributed by atoms with Crippen LogP contribution in [0.3, 0.4) is 0 Å². The molecule has 0 heterocycles. The van der Waals surface area contributed by atoms with Crippen molar-refractivity contribution < 1.29 is 0 Å². The summed E-state index contributed by atoms with van der Waals surface area (Å²) < 4.78 is 0. The lowest BCUT2D eigenvalue weighted by Gasteiger charge is -2.44. The molecule has 2 heteroatoms. The van der Waals surface area contributed by atoms with Crippen molar-refractivity contribution in [2.75, 3.05) is 20.1 Å². The molecule has 0 saturated carbocycles. The number of hydrogen-bond donors (Lipinski definition) is 1. The molecule has 0 aromatic heterocycles. The quantitative estimate of drug-likeness (QED) is 0.797. The van der Waals surface area contributed by atoms with E-state index in [-0.39, 0.29) is 5.54 Å². The van der Waals surface area contributed by atoms with E-state index in [1.807, 2.05) is 0 Å². The zero-order valence-electron chi connectivity index (χ0n) is 12.5. The van der Waals surface area contributed by atoms with Crippen LogP contribution in [0.4, 0.5) is 0 Å². The maximum Gasteiger partial charge on any atom is 0.0372 e.